The maximum Gasteiger partial charge on any atom is 0.328 e. The maximum atomic E-state index is 14.3. The molecule has 2 aromatic heterocycles. The van der Waals surface area contributed by atoms with Crippen molar-refractivity contribution in [3.8, 4) is 23.3 Å². The van der Waals surface area contributed by atoms with Crippen LogP contribution in [0.4, 0.5) is 20.4 Å². The number of hydrogen-bond donors (Lipinski definition) is 4. The fourth-order valence-electron chi connectivity index (χ4n) is 13.7. The number of halogens is 2. The summed E-state index contributed by atoms with van der Waals surface area (Å²) in [5, 5.41) is 37.8. The first-order valence-corrected chi connectivity index (χ1v) is 34.4. The van der Waals surface area contributed by atoms with Crippen molar-refractivity contribution in [3.05, 3.63) is 84.0 Å². The van der Waals surface area contributed by atoms with E-state index in [9.17, 15) is 37.5 Å². The molecule has 2 aromatic carbocycles. The molecular formula is C70H106F2N16O10. The highest BCUT2D eigenvalue weighted by molar-refractivity contribution is 5.98. The number of rotatable bonds is 32. The number of carbonyl (C=O) groups excluding carboxylic acids is 4. The van der Waals surface area contributed by atoms with Crippen LogP contribution in [0.3, 0.4) is 0 Å². The predicted molar refractivity (Wildman–Crippen MR) is 370 cm³/mol. The largest absolute Gasteiger partial charge is 0.478 e. The average Bonchev–Trinajstić information content (AvgIpc) is 1.57. The first-order chi connectivity index (χ1) is 46.5. The topological polar surface area (TPSA) is 289 Å². The van der Waals surface area contributed by atoms with Gasteiger partial charge in [0.05, 0.1) is 11.1 Å². The van der Waals surface area contributed by atoms with Crippen molar-refractivity contribution in [1.82, 2.24) is 70.4 Å². The van der Waals surface area contributed by atoms with Crippen LogP contribution in [0.15, 0.2) is 61.2 Å². The highest BCUT2D eigenvalue weighted by Crippen LogP contribution is 2.47. The van der Waals surface area contributed by atoms with Gasteiger partial charge in [0.1, 0.15) is 35.8 Å². The number of nitrogens with zero attached hydrogens (tertiary/aromatic N) is 14. The van der Waals surface area contributed by atoms with Gasteiger partial charge >= 0.3 is 11.9 Å². The number of carboxylic acid groups (broad SMARTS) is 2. The van der Waals surface area contributed by atoms with Crippen molar-refractivity contribution in [3.63, 3.8) is 0 Å². The quantitative estimate of drug-likeness (QED) is 0.0339. The second-order valence-corrected chi connectivity index (χ2v) is 27.7. The molecule has 4 N–H and O–H groups in total. The summed E-state index contributed by atoms with van der Waals surface area (Å²) in [5.74, 6) is -0.935. The van der Waals surface area contributed by atoms with E-state index in [2.05, 4.69) is 112 Å². The number of nitrogens with one attached hydrogen (secondary N) is 2. The molecule has 4 aliphatic heterocycles. The zero-order valence-electron chi connectivity index (χ0n) is 60.0. The molecule has 2 atom stereocenters. The molecule has 6 heterocycles. The minimum atomic E-state index is -1.26. The number of likely N-dealkylation sites (N-methyl/N-ethyl adjacent to an activating group) is 2. The summed E-state index contributed by atoms with van der Waals surface area (Å²) in [4.78, 5) is 94.7. The van der Waals surface area contributed by atoms with Crippen molar-refractivity contribution in [1.29, 1.82) is 0 Å². The Labute approximate surface area is 576 Å². The van der Waals surface area contributed by atoms with E-state index in [-0.39, 0.29) is 80.9 Å². The number of carbonyl (C=O) groups is 6. The molecule has 8 rings (SSSR count). The van der Waals surface area contributed by atoms with Gasteiger partial charge in [0.2, 0.25) is 11.8 Å². The van der Waals surface area contributed by atoms with E-state index in [1.165, 1.54) is 49.1 Å². The molecule has 0 bridgehead atoms. The van der Waals surface area contributed by atoms with Crippen LogP contribution in [-0.2, 0) is 19.2 Å². The van der Waals surface area contributed by atoms with Gasteiger partial charge < -0.3 is 59.7 Å². The molecule has 4 amide bonds. The molecule has 0 radical (unpaired) electrons. The van der Waals surface area contributed by atoms with E-state index >= 15 is 0 Å². The normalized spacial score (nSPS) is 16.2. The number of aliphatic carboxylic acids is 2. The summed E-state index contributed by atoms with van der Waals surface area (Å²) in [5.41, 5.74) is 0.655. The van der Waals surface area contributed by atoms with Gasteiger partial charge in [-0.2, -0.15) is 0 Å². The van der Waals surface area contributed by atoms with Crippen LogP contribution in [0, 0.1) is 34.3 Å². The van der Waals surface area contributed by atoms with Crippen molar-refractivity contribution in [2.75, 3.05) is 129 Å². The highest BCUT2D eigenvalue weighted by atomic mass is 19.1. The Bertz CT molecular complexity index is 3100. The fraction of sp³-hybridized carbons (Fsp3) is 0.629. The van der Waals surface area contributed by atoms with Crippen LogP contribution in [0.1, 0.15) is 142 Å². The van der Waals surface area contributed by atoms with Gasteiger partial charge in [0.25, 0.3) is 23.6 Å². The lowest BCUT2D eigenvalue weighted by molar-refractivity contribution is -0.134. The number of carboxylic acids is 2. The Morgan fingerprint density at radius 3 is 1.27 bits per heavy atom. The summed E-state index contributed by atoms with van der Waals surface area (Å²) >= 11 is 0. The first kappa shape index (κ1) is 78.9. The van der Waals surface area contributed by atoms with E-state index in [1.54, 1.807) is 23.6 Å². The van der Waals surface area contributed by atoms with Crippen molar-refractivity contribution < 1.29 is 57.2 Å². The van der Waals surface area contributed by atoms with E-state index in [4.69, 9.17) is 19.7 Å². The smallest absolute Gasteiger partial charge is 0.328 e. The minimum absolute atomic E-state index is 0.0132. The van der Waals surface area contributed by atoms with Crippen LogP contribution >= 0.6 is 0 Å². The molecule has 98 heavy (non-hydrogen) atoms. The van der Waals surface area contributed by atoms with E-state index in [0.29, 0.717) is 73.9 Å². The standard InChI is InChI=1S/2C33H51FN8O3.C4H4O4/c2*1-8-42(24(4)5)32(44)27-18-26(34)11-12-29(27)45-31-30(36-22-37-38-31)40-16-13-33(19-40)20-41(21-33)28(23(2)3)10-9-15-39(7)17-14-35-25(6)43;5-3(6)1-2-4(7)8/h2*11-12,18,22-24,28H,8-10,13-17,19-21H2,1-7H3,(H,35,43);1-2H,(H,5,6)(H,7,8)/b;;2-1+/t2*28-;/m11./s1. The Balaban J connectivity index is 0.000000278. The van der Waals surface area contributed by atoms with Crippen molar-refractivity contribution >= 4 is 47.2 Å². The van der Waals surface area contributed by atoms with Crippen LogP contribution in [-0.4, -0.2) is 249 Å². The Hall–Kier alpha value is -8.08. The Kier molecular flexibility index (Phi) is 30.0. The summed E-state index contributed by atoms with van der Waals surface area (Å²) < 4.78 is 41.0. The third-order valence-electron chi connectivity index (χ3n) is 18.6. The molecular weight excluding hydrogens is 1260 g/mol. The molecule has 0 unspecified atom stereocenters. The Morgan fingerprint density at radius 1 is 0.582 bits per heavy atom. The Morgan fingerprint density at radius 2 is 0.949 bits per heavy atom. The first-order valence-electron chi connectivity index (χ1n) is 34.4. The van der Waals surface area contributed by atoms with Crippen LogP contribution in [0.5, 0.6) is 23.3 Å². The molecule has 4 aromatic rings. The maximum absolute atomic E-state index is 14.3. The number of amides is 4. The van der Waals surface area contributed by atoms with Gasteiger partial charge in [-0.25, -0.2) is 28.3 Å². The molecule has 26 nitrogen and oxygen atoms in total. The van der Waals surface area contributed by atoms with Crippen molar-refractivity contribution in [2.45, 2.75) is 146 Å². The zero-order valence-corrected chi connectivity index (χ0v) is 60.0. The molecule has 4 saturated heterocycles. The van der Waals surface area contributed by atoms with E-state index < -0.39 is 23.6 Å². The van der Waals surface area contributed by atoms with E-state index in [1.807, 2.05) is 41.5 Å². The lowest BCUT2D eigenvalue weighted by atomic mass is 9.76. The fourth-order valence-corrected chi connectivity index (χ4v) is 13.7. The van der Waals surface area contributed by atoms with Gasteiger partial charge in [0, 0.05) is 153 Å². The van der Waals surface area contributed by atoms with E-state index in [0.717, 1.165) is 117 Å². The van der Waals surface area contributed by atoms with Gasteiger partial charge in [0.15, 0.2) is 11.6 Å². The average molecular weight is 1370 g/mol. The second kappa shape index (κ2) is 37.2. The number of aromatic nitrogens is 6. The lowest BCUT2D eigenvalue weighted by Gasteiger charge is -2.53. The molecule has 2 spiro atoms. The number of anilines is 2. The molecule has 28 heteroatoms. The summed E-state index contributed by atoms with van der Waals surface area (Å²) in [6, 6.07) is 8.89. The predicted octanol–water partition coefficient (Wildman–Crippen LogP) is 7.83. The lowest BCUT2D eigenvalue weighted by Crippen LogP contribution is -2.62. The van der Waals surface area contributed by atoms with Crippen LogP contribution in [0.25, 0.3) is 0 Å². The zero-order chi connectivity index (χ0) is 72.0. The highest BCUT2D eigenvalue weighted by Gasteiger charge is 2.52. The van der Waals surface area contributed by atoms with Gasteiger partial charge in [-0.1, -0.05) is 27.7 Å². The number of benzene rings is 2. The summed E-state index contributed by atoms with van der Waals surface area (Å²) in [7, 11) is 4.22. The molecule has 4 fully saturated rings. The minimum Gasteiger partial charge on any atom is -0.478 e. The van der Waals surface area contributed by atoms with Crippen LogP contribution < -0.4 is 29.9 Å². The SMILES string of the molecule is CCN(C(=O)c1cc(F)ccc1Oc1nncnc1N1CCC2(C1)CN([C@H](CCCN(C)CCNC(C)=O)C(C)C)C2)C(C)C.CCN(C(=O)c1cc(F)ccc1Oc1nncnc1N1CCC2(C1)CN([C@H](CCCN(C)CCNC(C)=O)C(C)C)C2)C(C)C.O=C(O)/C=C/C(=O)O. The van der Waals surface area contributed by atoms with Crippen LogP contribution in [0.2, 0.25) is 0 Å². The molecule has 0 aliphatic carbocycles. The van der Waals surface area contributed by atoms with Gasteiger partial charge in [-0.05, 0) is 155 Å². The molecule has 540 valence electrons. The summed E-state index contributed by atoms with van der Waals surface area (Å²) in [6.45, 7) is 37.4. The summed E-state index contributed by atoms with van der Waals surface area (Å²) in [6.07, 6.45) is 10.5. The monoisotopic (exact) mass is 1370 g/mol. The van der Waals surface area contributed by atoms with Crippen molar-refractivity contribution in [2.24, 2.45) is 22.7 Å². The number of ether oxygens (including phenoxy) is 2. The number of hydrogen-bond acceptors (Lipinski definition) is 20. The number of likely N-dealkylation sites (tertiary alicyclic amines) is 2. The second-order valence-electron chi connectivity index (χ2n) is 27.7. The molecule has 4 aliphatic rings. The third-order valence-corrected chi connectivity index (χ3v) is 18.6. The molecule has 0 saturated carbocycles. The van der Waals surface area contributed by atoms with Gasteiger partial charge in [-0.3, -0.25) is 29.0 Å². The third kappa shape index (κ3) is 22.7. The van der Waals surface area contributed by atoms with Gasteiger partial charge in [-0.15, -0.1) is 20.4 Å².